The monoisotopic (exact) mass is 341 g/mol. The fourth-order valence-corrected chi connectivity index (χ4v) is 3.67. The van der Waals surface area contributed by atoms with Gasteiger partial charge in [0.25, 0.3) is 0 Å². The number of ether oxygens (including phenoxy) is 1. The lowest BCUT2D eigenvalue weighted by Gasteiger charge is -2.38. The van der Waals surface area contributed by atoms with Gasteiger partial charge < -0.3 is 9.26 Å². The first kappa shape index (κ1) is 16.7. The Balaban J connectivity index is 1.41. The zero-order chi connectivity index (χ0) is 17.1. The van der Waals surface area contributed by atoms with Crippen molar-refractivity contribution in [2.75, 3.05) is 13.1 Å². The maximum atomic E-state index is 6.36. The summed E-state index contributed by atoms with van der Waals surface area (Å²) in [6.45, 7) is 5.06. The van der Waals surface area contributed by atoms with E-state index in [9.17, 15) is 0 Å². The first-order valence-corrected chi connectivity index (χ1v) is 9.55. The van der Waals surface area contributed by atoms with Crippen LogP contribution in [-0.4, -0.2) is 40.3 Å². The van der Waals surface area contributed by atoms with Crippen molar-refractivity contribution in [2.45, 2.75) is 57.8 Å². The first-order valence-electron chi connectivity index (χ1n) is 9.55. The lowest BCUT2D eigenvalue weighted by Crippen LogP contribution is -2.47. The molecule has 4 rings (SSSR count). The minimum absolute atomic E-state index is 0.363. The van der Waals surface area contributed by atoms with Gasteiger partial charge in [0, 0.05) is 37.1 Å². The summed E-state index contributed by atoms with van der Waals surface area (Å²) < 4.78 is 12.0. The van der Waals surface area contributed by atoms with Crippen molar-refractivity contribution in [3.05, 3.63) is 36.4 Å². The average molecular weight is 341 g/mol. The molecule has 0 spiro atoms. The van der Waals surface area contributed by atoms with Gasteiger partial charge in [-0.05, 0) is 37.3 Å². The third-order valence-corrected chi connectivity index (χ3v) is 5.21. The third kappa shape index (κ3) is 4.28. The molecule has 1 saturated carbocycles. The number of nitrogens with zero attached hydrogens (tertiary/aromatic N) is 3. The summed E-state index contributed by atoms with van der Waals surface area (Å²) in [7, 11) is 0. The number of unbranched alkanes of at least 4 members (excludes halogenated alkanes) is 1. The van der Waals surface area contributed by atoms with Crippen molar-refractivity contribution < 1.29 is 9.26 Å². The molecule has 2 aliphatic rings. The van der Waals surface area contributed by atoms with Crippen LogP contribution in [0.5, 0.6) is 0 Å². The Bertz CT molecular complexity index is 669. The van der Waals surface area contributed by atoms with Gasteiger partial charge in [-0.2, -0.15) is 0 Å². The second-order valence-electron chi connectivity index (χ2n) is 7.38. The molecule has 1 saturated heterocycles. The highest BCUT2D eigenvalue weighted by Gasteiger charge is 2.38. The van der Waals surface area contributed by atoms with E-state index >= 15 is 0 Å². The quantitative estimate of drug-likeness (QED) is 0.764. The van der Waals surface area contributed by atoms with E-state index in [0.29, 0.717) is 12.2 Å². The number of aromatic nitrogens is 2. The molecule has 0 aromatic carbocycles. The number of rotatable bonds is 7. The Hall–Kier alpha value is -1.72. The van der Waals surface area contributed by atoms with Crippen molar-refractivity contribution >= 4 is 0 Å². The van der Waals surface area contributed by atoms with Crippen molar-refractivity contribution in [2.24, 2.45) is 5.92 Å². The topological polar surface area (TPSA) is 51.4 Å². The van der Waals surface area contributed by atoms with Crippen molar-refractivity contribution in [1.82, 2.24) is 15.0 Å². The summed E-state index contributed by atoms with van der Waals surface area (Å²) in [6.07, 6.45) is 10.6. The molecule has 5 heteroatoms. The second kappa shape index (κ2) is 7.67. The molecule has 0 N–H and O–H groups in total. The molecule has 1 aliphatic carbocycles. The smallest absolute Gasteiger partial charge is 0.151 e. The van der Waals surface area contributed by atoms with E-state index in [4.69, 9.17) is 9.26 Å². The average Bonchev–Trinajstić information content (AvgIpc) is 3.40. The van der Waals surface area contributed by atoms with Gasteiger partial charge in [-0.3, -0.25) is 9.88 Å². The molecular weight excluding hydrogens is 314 g/mol. The minimum Gasteiger partial charge on any atom is -0.372 e. The summed E-state index contributed by atoms with van der Waals surface area (Å²) >= 11 is 0. The molecule has 2 fully saturated rings. The predicted octanol–water partition coefficient (Wildman–Crippen LogP) is 3.91. The van der Waals surface area contributed by atoms with Gasteiger partial charge in [0.15, 0.2) is 5.76 Å². The molecule has 0 unspecified atom stereocenters. The SMILES string of the molecule is CCCC[C@@H]1CN(Cc2cc(-c3ccncc3)no2)C[C@H](C2CC2)O1. The van der Waals surface area contributed by atoms with Crippen LogP contribution in [-0.2, 0) is 11.3 Å². The molecule has 0 radical (unpaired) electrons. The lowest BCUT2D eigenvalue weighted by atomic mass is 10.1. The maximum absolute atomic E-state index is 6.36. The fraction of sp³-hybridized carbons (Fsp3) is 0.600. The minimum atomic E-state index is 0.363. The predicted molar refractivity (Wildman–Crippen MR) is 95.9 cm³/mol. The second-order valence-corrected chi connectivity index (χ2v) is 7.38. The van der Waals surface area contributed by atoms with Gasteiger partial charge in [-0.15, -0.1) is 0 Å². The molecular formula is C20H27N3O2. The number of hydrogen-bond donors (Lipinski definition) is 0. The Morgan fingerprint density at radius 3 is 2.80 bits per heavy atom. The first-order chi connectivity index (χ1) is 12.3. The molecule has 1 aliphatic heterocycles. The number of morpholine rings is 1. The summed E-state index contributed by atoms with van der Waals surface area (Å²) in [6, 6.07) is 5.97. The van der Waals surface area contributed by atoms with E-state index in [2.05, 4.69) is 28.0 Å². The summed E-state index contributed by atoms with van der Waals surface area (Å²) in [5, 5.41) is 4.23. The molecule has 2 aromatic rings. The van der Waals surface area contributed by atoms with E-state index in [-0.39, 0.29) is 0 Å². The van der Waals surface area contributed by atoms with E-state index in [0.717, 1.165) is 49.0 Å². The molecule has 0 amide bonds. The Morgan fingerprint density at radius 2 is 2.04 bits per heavy atom. The Labute approximate surface area is 149 Å². The highest BCUT2D eigenvalue weighted by molar-refractivity contribution is 5.57. The molecule has 2 atom stereocenters. The number of pyridine rings is 1. The van der Waals surface area contributed by atoms with Gasteiger partial charge in [0.2, 0.25) is 0 Å². The maximum Gasteiger partial charge on any atom is 0.151 e. The Morgan fingerprint density at radius 1 is 1.20 bits per heavy atom. The van der Waals surface area contributed by atoms with Crippen LogP contribution >= 0.6 is 0 Å². The highest BCUT2D eigenvalue weighted by atomic mass is 16.5. The third-order valence-electron chi connectivity index (χ3n) is 5.21. The fourth-order valence-electron chi connectivity index (χ4n) is 3.67. The molecule has 134 valence electrons. The van der Waals surface area contributed by atoms with Crippen LogP contribution in [0.15, 0.2) is 35.1 Å². The van der Waals surface area contributed by atoms with E-state index in [1.807, 2.05) is 12.1 Å². The van der Waals surface area contributed by atoms with E-state index < -0.39 is 0 Å². The van der Waals surface area contributed by atoms with Crippen LogP contribution in [0.3, 0.4) is 0 Å². The van der Waals surface area contributed by atoms with Crippen LogP contribution in [0, 0.1) is 5.92 Å². The standard InChI is InChI=1S/C20H27N3O2/c1-2-3-4-17-12-23(14-20(24-17)16-5-6-16)13-18-11-19(22-25-18)15-7-9-21-10-8-15/h7-11,16-17,20H,2-6,12-14H2,1H3/t17-,20-/m1/s1. The van der Waals surface area contributed by atoms with Crippen LogP contribution in [0.25, 0.3) is 11.3 Å². The molecule has 25 heavy (non-hydrogen) atoms. The van der Waals surface area contributed by atoms with Crippen molar-refractivity contribution in [3.8, 4) is 11.3 Å². The summed E-state index contributed by atoms with van der Waals surface area (Å²) in [4.78, 5) is 6.54. The van der Waals surface area contributed by atoms with Crippen molar-refractivity contribution in [3.63, 3.8) is 0 Å². The normalized spacial score (nSPS) is 24.5. The van der Waals surface area contributed by atoms with E-state index in [1.54, 1.807) is 12.4 Å². The van der Waals surface area contributed by atoms with Gasteiger partial charge in [0.05, 0.1) is 18.8 Å². The largest absolute Gasteiger partial charge is 0.372 e. The van der Waals surface area contributed by atoms with E-state index in [1.165, 1.54) is 25.7 Å². The summed E-state index contributed by atoms with van der Waals surface area (Å²) in [5.74, 6) is 1.70. The highest BCUT2D eigenvalue weighted by Crippen LogP contribution is 2.37. The zero-order valence-electron chi connectivity index (χ0n) is 14.9. The lowest BCUT2D eigenvalue weighted by molar-refractivity contribution is -0.101. The van der Waals surface area contributed by atoms with Crippen molar-refractivity contribution in [1.29, 1.82) is 0 Å². The summed E-state index contributed by atoms with van der Waals surface area (Å²) in [5.41, 5.74) is 1.93. The van der Waals surface area contributed by atoms with Crippen LogP contribution < -0.4 is 0 Å². The number of hydrogen-bond acceptors (Lipinski definition) is 5. The van der Waals surface area contributed by atoms with Crippen LogP contribution in [0.2, 0.25) is 0 Å². The molecule has 3 heterocycles. The van der Waals surface area contributed by atoms with Crippen LogP contribution in [0.4, 0.5) is 0 Å². The van der Waals surface area contributed by atoms with Gasteiger partial charge in [-0.1, -0.05) is 24.9 Å². The van der Waals surface area contributed by atoms with Crippen LogP contribution in [0.1, 0.15) is 44.8 Å². The van der Waals surface area contributed by atoms with Gasteiger partial charge in [-0.25, -0.2) is 0 Å². The van der Waals surface area contributed by atoms with Gasteiger partial charge >= 0.3 is 0 Å². The Kier molecular flexibility index (Phi) is 5.13. The van der Waals surface area contributed by atoms with Gasteiger partial charge in [0.1, 0.15) is 5.69 Å². The molecule has 0 bridgehead atoms. The zero-order valence-corrected chi connectivity index (χ0v) is 14.9. The molecule has 5 nitrogen and oxygen atoms in total. The molecule has 2 aromatic heterocycles.